The molecule has 1 heteroatoms. The van der Waals surface area contributed by atoms with Gasteiger partial charge in [0.1, 0.15) is 0 Å². The Labute approximate surface area is 92.7 Å². The number of allylic oxidation sites excluding steroid dienone is 2. The smallest absolute Gasteiger partial charge is 0.0371 e. The van der Waals surface area contributed by atoms with E-state index < -0.39 is 0 Å². The second-order valence-electron chi connectivity index (χ2n) is 3.38. The van der Waals surface area contributed by atoms with Crippen molar-refractivity contribution < 1.29 is 0 Å². The van der Waals surface area contributed by atoms with Gasteiger partial charge in [0.15, 0.2) is 0 Å². The summed E-state index contributed by atoms with van der Waals surface area (Å²) < 4.78 is 0. The van der Waals surface area contributed by atoms with Gasteiger partial charge in [-0.2, -0.15) is 0 Å². The molecule has 0 heterocycles. The fourth-order valence-electron chi connectivity index (χ4n) is 1.39. The molecule has 0 N–H and O–H groups in total. The van der Waals surface area contributed by atoms with E-state index in [9.17, 15) is 0 Å². The monoisotopic (exact) mass is 201 g/mol. The minimum atomic E-state index is 0.963. The first-order chi connectivity index (χ1) is 7.38. The van der Waals surface area contributed by atoms with Crippen molar-refractivity contribution in [2.45, 2.75) is 13.8 Å². The molecule has 0 radical (unpaired) electrons. The Morgan fingerprint density at radius 1 is 0.933 bits per heavy atom. The molecular weight excluding hydrogens is 182 g/mol. The normalized spacial score (nSPS) is 11.3. The zero-order valence-corrected chi connectivity index (χ0v) is 9.56. The van der Waals surface area contributed by atoms with E-state index in [0.717, 1.165) is 13.1 Å². The van der Waals surface area contributed by atoms with Crippen molar-refractivity contribution in [3.63, 3.8) is 0 Å². The molecule has 0 saturated heterocycles. The third-order valence-electron chi connectivity index (χ3n) is 2.24. The first-order valence-electron chi connectivity index (χ1n) is 5.40. The summed E-state index contributed by atoms with van der Waals surface area (Å²) in [6.45, 7) is 6.04. The molecule has 0 atom stereocenters. The van der Waals surface area contributed by atoms with Gasteiger partial charge in [-0.25, -0.2) is 0 Å². The Morgan fingerprint density at radius 3 is 1.93 bits per heavy atom. The van der Waals surface area contributed by atoms with Gasteiger partial charge in [0.25, 0.3) is 0 Å². The summed E-state index contributed by atoms with van der Waals surface area (Å²) in [7, 11) is 0. The van der Waals surface area contributed by atoms with Crippen molar-refractivity contribution >= 4 is 5.69 Å². The maximum Gasteiger partial charge on any atom is 0.0371 e. The van der Waals surface area contributed by atoms with Crippen LogP contribution in [0.25, 0.3) is 0 Å². The van der Waals surface area contributed by atoms with Crippen LogP contribution in [-0.2, 0) is 0 Å². The summed E-state index contributed by atoms with van der Waals surface area (Å²) in [6.07, 6.45) is 8.53. The van der Waals surface area contributed by atoms with E-state index in [1.165, 1.54) is 5.69 Å². The van der Waals surface area contributed by atoms with Gasteiger partial charge in [-0.15, -0.1) is 0 Å². The van der Waals surface area contributed by atoms with Crippen molar-refractivity contribution in [1.29, 1.82) is 0 Å². The maximum absolute atomic E-state index is 2.33. The van der Waals surface area contributed by atoms with Crippen molar-refractivity contribution in [3.05, 3.63) is 54.6 Å². The molecule has 0 spiro atoms. The number of benzene rings is 1. The van der Waals surface area contributed by atoms with Gasteiger partial charge in [0, 0.05) is 18.8 Å². The fraction of sp³-hybridized carbons (Fsp3) is 0.286. The van der Waals surface area contributed by atoms with E-state index in [1.54, 1.807) is 0 Å². The lowest BCUT2D eigenvalue weighted by molar-refractivity contribution is 0.952. The first-order valence-corrected chi connectivity index (χ1v) is 5.40. The number of hydrogen-bond acceptors (Lipinski definition) is 1. The van der Waals surface area contributed by atoms with Crippen LogP contribution in [-0.4, -0.2) is 13.1 Å². The van der Waals surface area contributed by atoms with Crippen molar-refractivity contribution in [2.24, 2.45) is 0 Å². The van der Waals surface area contributed by atoms with E-state index in [2.05, 4.69) is 67.3 Å². The number of rotatable bonds is 5. The number of nitrogens with zero attached hydrogens (tertiary/aromatic N) is 1. The van der Waals surface area contributed by atoms with E-state index in [0.29, 0.717) is 0 Å². The van der Waals surface area contributed by atoms with Crippen molar-refractivity contribution in [3.8, 4) is 0 Å². The summed E-state index contributed by atoms with van der Waals surface area (Å²) in [5.74, 6) is 0. The molecule has 1 aromatic carbocycles. The number of para-hydroxylation sites is 1. The molecule has 0 fully saturated rings. The predicted molar refractivity (Wildman–Crippen MR) is 68.3 cm³/mol. The summed E-state index contributed by atoms with van der Waals surface area (Å²) in [6, 6.07) is 10.5. The highest BCUT2D eigenvalue weighted by Crippen LogP contribution is 2.12. The number of anilines is 1. The van der Waals surface area contributed by atoms with Gasteiger partial charge in [0.05, 0.1) is 0 Å². The van der Waals surface area contributed by atoms with Crippen LogP contribution in [0.15, 0.2) is 54.6 Å². The van der Waals surface area contributed by atoms with Gasteiger partial charge in [0.2, 0.25) is 0 Å². The van der Waals surface area contributed by atoms with Gasteiger partial charge in [-0.05, 0) is 26.0 Å². The molecule has 1 aromatic rings. The van der Waals surface area contributed by atoms with Crippen molar-refractivity contribution in [1.82, 2.24) is 0 Å². The average molecular weight is 201 g/mol. The minimum Gasteiger partial charge on any atom is -0.364 e. The van der Waals surface area contributed by atoms with Gasteiger partial charge in [-0.1, -0.05) is 42.5 Å². The van der Waals surface area contributed by atoms with Crippen LogP contribution < -0.4 is 4.90 Å². The van der Waals surface area contributed by atoms with Crippen LogP contribution in [0.3, 0.4) is 0 Å². The summed E-state index contributed by atoms with van der Waals surface area (Å²) >= 11 is 0. The highest BCUT2D eigenvalue weighted by Gasteiger charge is 2.00. The molecule has 0 aliphatic rings. The summed E-state index contributed by atoms with van der Waals surface area (Å²) in [4.78, 5) is 2.33. The van der Waals surface area contributed by atoms with Crippen LogP contribution in [0, 0.1) is 0 Å². The van der Waals surface area contributed by atoms with Gasteiger partial charge in [-0.3, -0.25) is 0 Å². The summed E-state index contributed by atoms with van der Waals surface area (Å²) in [5.41, 5.74) is 1.27. The maximum atomic E-state index is 2.33. The van der Waals surface area contributed by atoms with E-state index in [1.807, 2.05) is 6.07 Å². The molecule has 1 rings (SSSR count). The Morgan fingerprint density at radius 2 is 1.47 bits per heavy atom. The Balaban J connectivity index is 2.71. The third-order valence-corrected chi connectivity index (χ3v) is 2.24. The molecule has 1 nitrogen and oxygen atoms in total. The average Bonchev–Trinajstić information content (AvgIpc) is 2.30. The molecule has 80 valence electrons. The third kappa shape index (κ3) is 4.03. The van der Waals surface area contributed by atoms with Crippen LogP contribution >= 0.6 is 0 Å². The molecule has 0 aliphatic heterocycles. The molecule has 0 amide bonds. The lowest BCUT2D eigenvalue weighted by atomic mass is 10.2. The van der Waals surface area contributed by atoms with Crippen LogP contribution in [0.5, 0.6) is 0 Å². The molecule has 0 unspecified atom stereocenters. The Hall–Kier alpha value is -1.50. The summed E-state index contributed by atoms with van der Waals surface area (Å²) in [5, 5.41) is 0. The van der Waals surface area contributed by atoms with Crippen LogP contribution in [0.4, 0.5) is 5.69 Å². The second-order valence-corrected chi connectivity index (χ2v) is 3.38. The largest absolute Gasteiger partial charge is 0.364 e. The quantitative estimate of drug-likeness (QED) is 0.657. The SMILES string of the molecule is CC=CCN(CC=CC)c1ccccc1. The lowest BCUT2D eigenvalue weighted by Gasteiger charge is -2.21. The fourth-order valence-corrected chi connectivity index (χ4v) is 1.39. The molecule has 15 heavy (non-hydrogen) atoms. The minimum absolute atomic E-state index is 0.963. The van der Waals surface area contributed by atoms with E-state index >= 15 is 0 Å². The molecule has 0 aliphatic carbocycles. The lowest BCUT2D eigenvalue weighted by Crippen LogP contribution is -2.23. The standard InChI is InChI=1S/C14H19N/c1-3-5-12-15(13-6-4-2)14-10-8-7-9-11-14/h3-11H,12-13H2,1-2H3. The van der Waals surface area contributed by atoms with Crippen LogP contribution in [0.1, 0.15) is 13.8 Å². The highest BCUT2D eigenvalue weighted by atomic mass is 15.1. The van der Waals surface area contributed by atoms with Gasteiger partial charge < -0.3 is 4.90 Å². The topological polar surface area (TPSA) is 3.24 Å². The molecule has 0 bridgehead atoms. The van der Waals surface area contributed by atoms with Crippen LogP contribution in [0.2, 0.25) is 0 Å². The Bertz CT molecular complexity index is 297. The second kappa shape index (κ2) is 6.88. The molecular formula is C14H19N. The highest BCUT2D eigenvalue weighted by molar-refractivity contribution is 5.47. The van der Waals surface area contributed by atoms with E-state index in [4.69, 9.17) is 0 Å². The first kappa shape index (κ1) is 11.6. The zero-order chi connectivity index (χ0) is 10.9. The zero-order valence-electron chi connectivity index (χ0n) is 9.56. The van der Waals surface area contributed by atoms with Crippen molar-refractivity contribution in [2.75, 3.05) is 18.0 Å². The predicted octanol–water partition coefficient (Wildman–Crippen LogP) is 3.65. The Kier molecular flexibility index (Phi) is 5.31. The number of hydrogen-bond donors (Lipinski definition) is 0. The van der Waals surface area contributed by atoms with Gasteiger partial charge >= 0.3 is 0 Å². The molecule has 0 aromatic heterocycles. The molecule has 0 saturated carbocycles. The van der Waals surface area contributed by atoms with E-state index in [-0.39, 0.29) is 0 Å².